The van der Waals surface area contributed by atoms with E-state index in [9.17, 15) is 0 Å². The zero-order chi connectivity index (χ0) is 12.0. The van der Waals surface area contributed by atoms with Gasteiger partial charge in [0.15, 0.2) is 0 Å². The van der Waals surface area contributed by atoms with Gasteiger partial charge in [-0.25, -0.2) is 0 Å². The van der Waals surface area contributed by atoms with Crippen LogP contribution in [0.15, 0.2) is 0 Å². The molecular formula is C14H30N2. The van der Waals surface area contributed by atoms with Crippen molar-refractivity contribution in [1.29, 1.82) is 0 Å². The Kier molecular flexibility index (Phi) is 6.37. The van der Waals surface area contributed by atoms with Crippen LogP contribution in [0.5, 0.6) is 0 Å². The second kappa shape index (κ2) is 7.29. The number of rotatable bonds is 9. The number of hydrogen-bond acceptors (Lipinski definition) is 2. The summed E-state index contributed by atoms with van der Waals surface area (Å²) in [6.45, 7) is 12.9. The maximum Gasteiger partial charge on any atom is 0.00791 e. The normalized spacial score (nSPS) is 18.4. The van der Waals surface area contributed by atoms with E-state index in [4.69, 9.17) is 0 Å². The summed E-state index contributed by atoms with van der Waals surface area (Å²) < 4.78 is 0. The van der Waals surface area contributed by atoms with Crippen LogP contribution in [0.1, 0.15) is 53.4 Å². The van der Waals surface area contributed by atoms with Gasteiger partial charge in [0.25, 0.3) is 0 Å². The maximum absolute atomic E-state index is 3.52. The molecule has 1 rings (SSSR count). The van der Waals surface area contributed by atoms with Gasteiger partial charge >= 0.3 is 0 Å². The number of nitrogens with one attached hydrogen (secondary N) is 1. The lowest BCUT2D eigenvalue weighted by molar-refractivity contribution is 0.190. The first-order valence-corrected chi connectivity index (χ1v) is 7.11. The Morgan fingerprint density at radius 3 is 2.44 bits per heavy atom. The molecule has 1 aliphatic carbocycles. The van der Waals surface area contributed by atoms with Crippen LogP contribution in [-0.2, 0) is 0 Å². The minimum Gasteiger partial charge on any atom is -0.314 e. The summed E-state index contributed by atoms with van der Waals surface area (Å²) in [5.74, 6) is 1.02. The number of nitrogens with zero attached hydrogens (tertiary/aromatic N) is 1. The van der Waals surface area contributed by atoms with Gasteiger partial charge in [-0.3, -0.25) is 0 Å². The molecule has 1 aliphatic rings. The summed E-state index contributed by atoms with van der Waals surface area (Å²) in [5.41, 5.74) is 0. The average Bonchev–Trinajstić information content (AvgIpc) is 3.00. The fraction of sp³-hybridized carbons (Fsp3) is 1.00. The first kappa shape index (κ1) is 14.0. The molecule has 1 unspecified atom stereocenters. The smallest absolute Gasteiger partial charge is 0.00791 e. The van der Waals surface area contributed by atoms with E-state index in [0.29, 0.717) is 6.04 Å². The average molecular weight is 226 g/mol. The van der Waals surface area contributed by atoms with Crippen molar-refractivity contribution in [2.24, 2.45) is 5.92 Å². The molecule has 0 aromatic rings. The van der Waals surface area contributed by atoms with Crippen molar-refractivity contribution in [1.82, 2.24) is 10.2 Å². The van der Waals surface area contributed by atoms with Gasteiger partial charge in [0.2, 0.25) is 0 Å². The lowest BCUT2D eigenvalue weighted by Gasteiger charge is -2.29. The molecular weight excluding hydrogens is 196 g/mol. The van der Waals surface area contributed by atoms with E-state index in [2.05, 4.69) is 37.9 Å². The van der Waals surface area contributed by atoms with Crippen molar-refractivity contribution in [2.75, 3.05) is 19.6 Å². The van der Waals surface area contributed by atoms with E-state index >= 15 is 0 Å². The third-order valence-corrected chi connectivity index (χ3v) is 3.44. The van der Waals surface area contributed by atoms with Gasteiger partial charge in [0, 0.05) is 18.6 Å². The van der Waals surface area contributed by atoms with Crippen molar-refractivity contribution < 1.29 is 0 Å². The highest BCUT2D eigenvalue weighted by Crippen LogP contribution is 2.30. The van der Waals surface area contributed by atoms with Crippen LogP contribution in [0.2, 0.25) is 0 Å². The molecule has 1 atom stereocenters. The van der Waals surface area contributed by atoms with Gasteiger partial charge in [0.1, 0.15) is 0 Å². The quantitative estimate of drug-likeness (QED) is 0.650. The Labute approximate surface area is 102 Å². The molecule has 1 N–H and O–H groups in total. The molecule has 0 bridgehead atoms. The molecule has 0 aromatic carbocycles. The Bertz CT molecular complexity index is 176. The Morgan fingerprint density at radius 2 is 1.94 bits per heavy atom. The standard InChI is InChI=1S/C14H30N2/c1-5-10-16(11-14-6-7-14)13(4)8-9-15-12(2)3/h12-15H,5-11H2,1-4H3. The fourth-order valence-corrected chi connectivity index (χ4v) is 2.17. The predicted molar refractivity (Wildman–Crippen MR) is 71.8 cm³/mol. The Balaban J connectivity index is 2.19. The van der Waals surface area contributed by atoms with Crippen molar-refractivity contribution in [3.05, 3.63) is 0 Å². The molecule has 0 heterocycles. The molecule has 2 nitrogen and oxygen atoms in total. The lowest BCUT2D eigenvalue weighted by Crippen LogP contribution is -2.38. The molecule has 0 saturated heterocycles. The lowest BCUT2D eigenvalue weighted by atomic mass is 10.1. The van der Waals surface area contributed by atoms with Crippen molar-refractivity contribution in [3.63, 3.8) is 0 Å². The summed E-state index contributed by atoms with van der Waals surface area (Å²) in [4.78, 5) is 2.69. The summed E-state index contributed by atoms with van der Waals surface area (Å²) in [6.07, 6.45) is 5.51. The first-order valence-electron chi connectivity index (χ1n) is 7.11. The molecule has 0 aliphatic heterocycles. The van der Waals surface area contributed by atoms with E-state index < -0.39 is 0 Å². The van der Waals surface area contributed by atoms with Crippen LogP contribution in [0.25, 0.3) is 0 Å². The van der Waals surface area contributed by atoms with Crippen LogP contribution < -0.4 is 5.32 Å². The third kappa shape index (κ3) is 5.86. The molecule has 0 amide bonds. The van der Waals surface area contributed by atoms with Gasteiger partial charge in [-0.05, 0) is 51.6 Å². The minimum absolute atomic E-state index is 0.621. The van der Waals surface area contributed by atoms with Gasteiger partial charge in [-0.1, -0.05) is 20.8 Å². The molecule has 1 saturated carbocycles. The summed E-state index contributed by atoms with van der Waals surface area (Å²) in [6, 6.07) is 1.36. The highest BCUT2D eigenvalue weighted by atomic mass is 15.2. The van der Waals surface area contributed by atoms with Gasteiger partial charge < -0.3 is 10.2 Å². The monoisotopic (exact) mass is 226 g/mol. The Morgan fingerprint density at radius 1 is 1.25 bits per heavy atom. The molecule has 0 spiro atoms. The second-order valence-corrected chi connectivity index (χ2v) is 5.68. The molecule has 16 heavy (non-hydrogen) atoms. The third-order valence-electron chi connectivity index (χ3n) is 3.44. The molecule has 96 valence electrons. The van der Waals surface area contributed by atoms with Gasteiger partial charge in [-0.15, -0.1) is 0 Å². The van der Waals surface area contributed by atoms with Crippen LogP contribution in [0, 0.1) is 5.92 Å². The van der Waals surface area contributed by atoms with Crippen LogP contribution >= 0.6 is 0 Å². The zero-order valence-electron chi connectivity index (χ0n) is 11.6. The topological polar surface area (TPSA) is 15.3 Å². The van der Waals surface area contributed by atoms with E-state index in [0.717, 1.165) is 18.5 Å². The maximum atomic E-state index is 3.52. The largest absolute Gasteiger partial charge is 0.314 e. The Hall–Kier alpha value is -0.0800. The number of hydrogen-bond donors (Lipinski definition) is 1. The van der Waals surface area contributed by atoms with Crippen molar-refractivity contribution >= 4 is 0 Å². The van der Waals surface area contributed by atoms with Crippen molar-refractivity contribution in [2.45, 2.75) is 65.5 Å². The van der Waals surface area contributed by atoms with E-state index in [1.165, 1.54) is 38.8 Å². The fourth-order valence-electron chi connectivity index (χ4n) is 2.17. The highest BCUT2D eigenvalue weighted by molar-refractivity contribution is 4.80. The van der Waals surface area contributed by atoms with Crippen LogP contribution in [0.4, 0.5) is 0 Å². The van der Waals surface area contributed by atoms with Crippen LogP contribution in [-0.4, -0.2) is 36.6 Å². The van der Waals surface area contributed by atoms with Crippen LogP contribution in [0.3, 0.4) is 0 Å². The molecule has 1 fully saturated rings. The van der Waals surface area contributed by atoms with Crippen molar-refractivity contribution in [3.8, 4) is 0 Å². The minimum atomic E-state index is 0.621. The molecule has 0 radical (unpaired) electrons. The zero-order valence-corrected chi connectivity index (χ0v) is 11.6. The SMILES string of the molecule is CCCN(CC1CC1)C(C)CCNC(C)C. The first-order chi connectivity index (χ1) is 7.63. The summed E-state index contributed by atoms with van der Waals surface area (Å²) >= 11 is 0. The van der Waals surface area contributed by atoms with E-state index in [1.54, 1.807) is 0 Å². The summed E-state index contributed by atoms with van der Waals surface area (Å²) in [7, 11) is 0. The molecule has 0 aromatic heterocycles. The predicted octanol–water partition coefficient (Wildman–Crippen LogP) is 2.89. The van der Waals surface area contributed by atoms with Gasteiger partial charge in [-0.2, -0.15) is 0 Å². The molecule has 2 heteroatoms. The van der Waals surface area contributed by atoms with Gasteiger partial charge in [0.05, 0.1) is 0 Å². The van der Waals surface area contributed by atoms with E-state index in [1.807, 2.05) is 0 Å². The summed E-state index contributed by atoms with van der Waals surface area (Å²) in [5, 5.41) is 3.52. The highest BCUT2D eigenvalue weighted by Gasteiger charge is 2.25. The van der Waals surface area contributed by atoms with E-state index in [-0.39, 0.29) is 0 Å². The second-order valence-electron chi connectivity index (χ2n) is 5.68.